The molecule has 2 heterocycles. The number of ether oxygens (including phenoxy) is 1. The van der Waals surface area contributed by atoms with Crippen molar-refractivity contribution >= 4 is 0 Å². The van der Waals surface area contributed by atoms with Crippen LogP contribution in [0.15, 0.2) is 23.0 Å². The molecule has 3 fully saturated rings. The fourth-order valence-electron chi connectivity index (χ4n) is 6.45. The van der Waals surface area contributed by atoms with Gasteiger partial charge in [0, 0.05) is 11.3 Å². The fourth-order valence-corrected chi connectivity index (χ4v) is 6.45. The van der Waals surface area contributed by atoms with Crippen molar-refractivity contribution in [1.82, 2.24) is 0 Å². The summed E-state index contributed by atoms with van der Waals surface area (Å²) in [4.78, 5) is 0. The Labute approximate surface area is 139 Å². The first kappa shape index (κ1) is 15.7. The Morgan fingerprint density at radius 2 is 2.13 bits per heavy atom. The van der Waals surface area contributed by atoms with E-state index in [1.54, 1.807) is 6.26 Å². The normalized spacial score (nSPS) is 49.1. The summed E-state index contributed by atoms with van der Waals surface area (Å²) in [6.07, 6.45) is 10.2. The predicted molar refractivity (Wildman–Crippen MR) is 89.1 cm³/mol. The molecule has 6 atom stereocenters. The van der Waals surface area contributed by atoms with Crippen LogP contribution in [0.4, 0.5) is 0 Å². The maximum absolute atomic E-state index is 11.9. The van der Waals surface area contributed by atoms with Crippen molar-refractivity contribution in [2.24, 2.45) is 22.7 Å². The summed E-state index contributed by atoms with van der Waals surface area (Å²) < 4.78 is 11.4. The maximum atomic E-state index is 11.9. The van der Waals surface area contributed by atoms with Crippen LogP contribution < -0.4 is 0 Å². The second-order valence-electron chi connectivity index (χ2n) is 8.94. The molecule has 0 spiro atoms. The Balaban J connectivity index is 1.67. The number of aliphatic hydroxyl groups is 1. The van der Waals surface area contributed by atoms with Crippen LogP contribution in [0.5, 0.6) is 0 Å². The molecule has 0 amide bonds. The molecule has 1 saturated heterocycles. The van der Waals surface area contributed by atoms with Crippen LogP contribution in [0.3, 0.4) is 0 Å². The van der Waals surface area contributed by atoms with Gasteiger partial charge in [-0.25, -0.2) is 0 Å². The molecule has 4 rings (SSSR count). The zero-order valence-corrected chi connectivity index (χ0v) is 14.7. The van der Waals surface area contributed by atoms with E-state index >= 15 is 0 Å². The first-order valence-corrected chi connectivity index (χ1v) is 9.24. The lowest BCUT2D eigenvalue weighted by atomic mass is 9.44. The van der Waals surface area contributed by atoms with E-state index in [1.165, 1.54) is 18.4 Å². The van der Waals surface area contributed by atoms with Gasteiger partial charge >= 0.3 is 0 Å². The highest BCUT2D eigenvalue weighted by atomic mass is 16.5. The van der Waals surface area contributed by atoms with Gasteiger partial charge in [-0.2, -0.15) is 0 Å². The number of hydrogen-bond acceptors (Lipinski definition) is 3. The van der Waals surface area contributed by atoms with E-state index in [0.29, 0.717) is 12.0 Å². The summed E-state index contributed by atoms with van der Waals surface area (Å²) in [7, 11) is 0. The van der Waals surface area contributed by atoms with Crippen LogP contribution >= 0.6 is 0 Å². The zero-order valence-electron chi connectivity index (χ0n) is 14.7. The van der Waals surface area contributed by atoms with Gasteiger partial charge in [0.1, 0.15) is 0 Å². The van der Waals surface area contributed by atoms with E-state index in [9.17, 15) is 5.11 Å². The van der Waals surface area contributed by atoms with Crippen LogP contribution in [-0.4, -0.2) is 23.4 Å². The minimum Gasteiger partial charge on any atom is -0.472 e. The van der Waals surface area contributed by atoms with Gasteiger partial charge in [-0.1, -0.05) is 27.2 Å². The van der Waals surface area contributed by atoms with E-state index in [4.69, 9.17) is 9.15 Å². The van der Waals surface area contributed by atoms with Gasteiger partial charge in [-0.15, -0.1) is 0 Å². The lowest BCUT2D eigenvalue weighted by Gasteiger charge is -2.62. The third-order valence-corrected chi connectivity index (χ3v) is 7.65. The van der Waals surface area contributed by atoms with Gasteiger partial charge in [0.15, 0.2) is 0 Å². The molecule has 1 aromatic heterocycles. The monoisotopic (exact) mass is 318 g/mol. The molecule has 1 aromatic rings. The Kier molecular flexibility index (Phi) is 3.48. The Hall–Kier alpha value is -0.800. The van der Waals surface area contributed by atoms with Crippen molar-refractivity contribution in [3.05, 3.63) is 24.2 Å². The summed E-state index contributed by atoms with van der Waals surface area (Å²) in [6.45, 7) is 7.84. The largest absolute Gasteiger partial charge is 0.472 e. The predicted octanol–water partition coefficient (Wildman–Crippen LogP) is 4.19. The Morgan fingerprint density at radius 3 is 2.87 bits per heavy atom. The van der Waals surface area contributed by atoms with Gasteiger partial charge < -0.3 is 14.3 Å². The third-order valence-electron chi connectivity index (χ3n) is 7.65. The summed E-state index contributed by atoms with van der Waals surface area (Å²) >= 11 is 0. The molecule has 1 aliphatic heterocycles. The molecule has 2 saturated carbocycles. The molecule has 0 bridgehead atoms. The van der Waals surface area contributed by atoms with Crippen molar-refractivity contribution < 1.29 is 14.3 Å². The topological polar surface area (TPSA) is 42.6 Å². The van der Waals surface area contributed by atoms with Crippen molar-refractivity contribution in [1.29, 1.82) is 0 Å². The molecular formula is C20H30O3. The van der Waals surface area contributed by atoms with E-state index < -0.39 is 5.60 Å². The highest BCUT2D eigenvalue weighted by Gasteiger charge is 2.67. The van der Waals surface area contributed by atoms with Crippen molar-refractivity contribution in [3.63, 3.8) is 0 Å². The number of furan rings is 1. The molecule has 3 nitrogen and oxygen atoms in total. The molecule has 23 heavy (non-hydrogen) atoms. The molecule has 0 unspecified atom stereocenters. The summed E-state index contributed by atoms with van der Waals surface area (Å²) in [5.74, 6) is 0.774. The van der Waals surface area contributed by atoms with E-state index in [2.05, 4.69) is 20.8 Å². The highest BCUT2D eigenvalue weighted by Crippen LogP contribution is 2.66. The van der Waals surface area contributed by atoms with Gasteiger partial charge in [0.25, 0.3) is 0 Å². The highest BCUT2D eigenvalue weighted by molar-refractivity contribution is 5.17. The summed E-state index contributed by atoms with van der Waals surface area (Å²) in [5.41, 5.74) is 0.794. The standard InChI is InChI=1S/C20H30O3/c1-14-11-16-17-18(2,13-23-16)7-4-8-19(17,3)20(14,21)9-5-15-6-10-22-12-15/h6,10,12,14,16-17,21H,4-5,7-9,11,13H2,1-3H3/t14-,16-,17+,18+,19+,20+/m0/s1. The minimum atomic E-state index is -0.610. The number of hydrogen-bond donors (Lipinski definition) is 1. The average molecular weight is 318 g/mol. The molecule has 2 aliphatic carbocycles. The van der Waals surface area contributed by atoms with Crippen LogP contribution in [-0.2, 0) is 11.2 Å². The second kappa shape index (κ2) is 5.10. The zero-order chi connectivity index (χ0) is 16.3. The minimum absolute atomic E-state index is 0.0391. The van der Waals surface area contributed by atoms with E-state index in [1.807, 2.05) is 12.3 Å². The van der Waals surface area contributed by atoms with Crippen LogP contribution in [0.1, 0.15) is 58.4 Å². The van der Waals surface area contributed by atoms with Gasteiger partial charge in [0.05, 0.1) is 30.8 Å². The molecule has 3 aliphatic rings. The van der Waals surface area contributed by atoms with Crippen LogP contribution in [0.2, 0.25) is 0 Å². The van der Waals surface area contributed by atoms with Crippen LogP contribution in [0.25, 0.3) is 0 Å². The van der Waals surface area contributed by atoms with Crippen molar-refractivity contribution in [2.75, 3.05) is 6.61 Å². The number of rotatable bonds is 3. The SMILES string of the molecule is C[C@H]1C[C@@H]2OC[C@@]3(C)CCC[C@](C)([C@H]23)[C@@]1(O)CCc1ccoc1. The summed E-state index contributed by atoms with van der Waals surface area (Å²) in [6, 6.07) is 2.02. The first-order chi connectivity index (χ1) is 10.9. The maximum Gasteiger partial charge on any atom is 0.0934 e. The lowest BCUT2D eigenvalue weighted by molar-refractivity contribution is -0.217. The second-order valence-corrected chi connectivity index (χ2v) is 8.94. The van der Waals surface area contributed by atoms with Crippen molar-refractivity contribution in [2.45, 2.75) is 71.0 Å². The average Bonchev–Trinajstić information content (AvgIpc) is 3.12. The molecule has 0 aromatic carbocycles. The van der Waals surface area contributed by atoms with Crippen molar-refractivity contribution in [3.8, 4) is 0 Å². The quantitative estimate of drug-likeness (QED) is 0.908. The van der Waals surface area contributed by atoms with E-state index in [0.717, 1.165) is 32.3 Å². The third kappa shape index (κ3) is 2.09. The number of aryl methyl sites for hydroxylation is 1. The molecule has 1 N–H and O–H groups in total. The van der Waals surface area contributed by atoms with Gasteiger partial charge in [-0.3, -0.25) is 0 Å². The smallest absolute Gasteiger partial charge is 0.0934 e. The fraction of sp³-hybridized carbons (Fsp3) is 0.800. The first-order valence-electron chi connectivity index (χ1n) is 9.24. The van der Waals surface area contributed by atoms with Crippen LogP contribution in [0, 0.1) is 22.7 Å². The Bertz CT molecular complexity index is 567. The molecular weight excluding hydrogens is 288 g/mol. The Morgan fingerprint density at radius 1 is 1.30 bits per heavy atom. The van der Waals surface area contributed by atoms with Gasteiger partial charge in [-0.05, 0) is 55.1 Å². The van der Waals surface area contributed by atoms with E-state index in [-0.39, 0.29) is 16.7 Å². The lowest BCUT2D eigenvalue weighted by Crippen LogP contribution is -2.65. The summed E-state index contributed by atoms with van der Waals surface area (Å²) in [5, 5.41) is 11.9. The van der Waals surface area contributed by atoms with Gasteiger partial charge in [0.2, 0.25) is 0 Å². The molecule has 128 valence electrons. The molecule has 3 heteroatoms. The molecule has 0 radical (unpaired) electrons.